The van der Waals surface area contributed by atoms with Crippen molar-refractivity contribution in [1.82, 2.24) is 9.71 Å². The van der Waals surface area contributed by atoms with Crippen LogP contribution in [0.25, 0.3) is 0 Å². The smallest absolute Gasteiger partial charge is 0.244 e. The SMILES string of the molecule is CNc1ccncc1S(=O)(=O)NCCC(C)(C)C. The standard InChI is InChI=1S/C12H21N3O2S/c1-12(2,3)6-8-15-18(16,17)11-9-14-7-5-10(11)13-4/h5,7,9,15H,6,8H2,1-4H3,(H,13,14). The van der Waals surface area contributed by atoms with Crippen LogP contribution in [0.4, 0.5) is 5.69 Å². The van der Waals surface area contributed by atoms with E-state index in [0.29, 0.717) is 12.2 Å². The summed E-state index contributed by atoms with van der Waals surface area (Å²) in [6.45, 7) is 6.64. The molecule has 2 N–H and O–H groups in total. The Labute approximate surface area is 109 Å². The normalized spacial score (nSPS) is 12.4. The van der Waals surface area contributed by atoms with E-state index in [9.17, 15) is 8.42 Å². The molecule has 0 aliphatic heterocycles. The average molecular weight is 271 g/mol. The number of pyridine rings is 1. The van der Waals surface area contributed by atoms with Gasteiger partial charge in [0, 0.05) is 26.0 Å². The van der Waals surface area contributed by atoms with Crippen molar-refractivity contribution in [2.45, 2.75) is 32.1 Å². The molecule has 102 valence electrons. The summed E-state index contributed by atoms with van der Waals surface area (Å²) < 4.78 is 26.8. The molecule has 1 rings (SSSR count). The molecular formula is C12H21N3O2S. The first kappa shape index (κ1) is 14.9. The maximum absolute atomic E-state index is 12.1. The Bertz CT molecular complexity index is 492. The number of hydrogen-bond acceptors (Lipinski definition) is 4. The van der Waals surface area contributed by atoms with Crippen LogP contribution in [0.3, 0.4) is 0 Å². The zero-order valence-corrected chi connectivity index (χ0v) is 12.1. The fourth-order valence-corrected chi connectivity index (χ4v) is 2.62. The number of anilines is 1. The molecule has 0 atom stereocenters. The van der Waals surface area contributed by atoms with E-state index in [1.165, 1.54) is 6.20 Å². The maximum atomic E-state index is 12.1. The summed E-state index contributed by atoms with van der Waals surface area (Å²) >= 11 is 0. The fourth-order valence-electron chi connectivity index (χ4n) is 1.44. The summed E-state index contributed by atoms with van der Waals surface area (Å²) in [5.41, 5.74) is 0.650. The zero-order chi connectivity index (χ0) is 13.8. The lowest BCUT2D eigenvalue weighted by Crippen LogP contribution is -2.28. The molecule has 0 spiro atoms. The van der Waals surface area contributed by atoms with Crippen molar-refractivity contribution in [3.63, 3.8) is 0 Å². The largest absolute Gasteiger partial charge is 0.387 e. The summed E-state index contributed by atoms with van der Waals surface area (Å²) in [6.07, 6.45) is 3.69. The molecule has 0 aromatic carbocycles. The third kappa shape index (κ3) is 4.27. The van der Waals surface area contributed by atoms with Gasteiger partial charge in [0.25, 0.3) is 0 Å². The minimum atomic E-state index is -3.50. The van der Waals surface area contributed by atoms with Gasteiger partial charge in [-0.05, 0) is 17.9 Å². The molecule has 18 heavy (non-hydrogen) atoms. The van der Waals surface area contributed by atoms with Crippen molar-refractivity contribution in [2.24, 2.45) is 5.41 Å². The molecule has 0 aliphatic rings. The van der Waals surface area contributed by atoms with Crippen molar-refractivity contribution in [3.8, 4) is 0 Å². The number of nitrogens with zero attached hydrogens (tertiary/aromatic N) is 1. The highest BCUT2D eigenvalue weighted by molar-refractivity contribution is 7.89. The lowest BCUT2D eigenvalue weighted by molar-refractivity contribution is 0.378. The Balaban J connectivity index is 2.81. The molecule has 6 heteroatoms. The summed E-state index contributed by atoms with van der Waals surface area (Å²) in [6, 6.07) is 1.64. The van der Waals surface area contributed by atoms with Gasteiger partial charge in [0.2, 0.25) is 10.0 Å². The number of hydrogen-bond donors (Lipinski definition) is 2. The monoisotopic (exact) mass is 271 g/mol. The van der Waals surface area contributed by atoms with Crippen LogP contribution >= 0.6 is 0 Å². The molecule has 1 aromatic heterocycles. The molecular weight excluding hydrogens is 250 g/mol. The van der Waals surface area contributed by atoms with Crippen LogP contribution in [0.15, 0.2) is 23.4 Å². The Morgan fingerprint density at radius 3 is 2.56 bits per heavy atom. The highest BCUT2D eigenvalue weighted by Crippen LogP contribution is 2.20. The quantitative estimate of drug-likeness (QED) is 0.857. The number of rotatable bonds is 5. The number of sulfonamides is 1. The van der Waals surface area contributed by atoms with Crippen LogP contribution < -0.4 is 10.0 Å². The van der Waals surface area contributed by atoms with Gasteiger partial charge in [-0.3, -0.25) is 4.98 Å². The van der Waals surface area contributed by atoms with Crippen LogP contribution in [0.2, 0.25) is 0 Å². The van der Waals surface area contributed by atoms with Gasteiger partial charge in [0.05, 0.1) is 5.69 Å². The second-order valence-electron chi connectivity index (χ2n) is 5.33. The summed E-state index contributed by atoms with van der Waals surface area (Å²) in [4.78, 5) is 4.04. The van der Waals surface area contributed by atoms with E-state index in [4.69, 9.17) is 0 Å². The summed E-state index contributed by atoms with van der Waals surface area (Å²) in [7, 11) is -1.82. The number of nitrogens with one attached hydrogen (secondary N) is 2. The van der Waals surface area contributed by atoms with E-state index in [2.05, 4.69) is 35.8 Å². The average Bonchev–Trinajstić information content (AvgIpc) is 2.27. The fraction of sp³-hybridized carbons (Fsp3) is 0.583. The van der Waals surface area contributed by atoms with Gasteiger partial charge < -0.3 is 5.32 Å². The van der Waals surface area contributed by atoms with E-state index in [1.807, 2.05) is 0 Å². The molecule has 1 heterocycles. The molecule has 0 fully saturated rings. The maximum Gasteiger partial charge on any atom is 0.244 e. The van der Waals surface area contributed by atoms with E-state index in [0.717, 1.165) is 6.42 Å². The van der Waals surface area contributed by atoms with Crippen molar-refractivity contribution < 1.29 is 8.42 Å². The van der Waals surface area contributed by atoms with E-state index in [1.54, 1.807) is 19.3 Å². The van der Waals surface area contributed by atoms with Gasteiger partial charge in [0.1, 0.15) is 4.90 Å². The van der Waals surface area contributed by atoms with E-state index >= 15 is 0 Å². The van der Waals surface area contributed by atoms with Crippen molar-refractivity contribution in [3.05, 3.63) is 18.5 Å². The third-order valence-electron chi connectivity index (χ3n) is 2.51. The topological polar surface area (TPSA) is 71.1 Å². The Kier molecular flexibility index (Phi) is 4.70. The number of aromatic nitrogens is 1. The first-order chi connectivity index (χ1) is 8.26. The minimum Gasteiger partial charge on any atom is -0.387 e. The first-order valence-corrected chi connectivity index (χ1v) is 7.36. The van der Waals surface area contributed by atoms with Gasteiger partial charge in [-0.1, -0.05) is 20.8 Å². The Hall–Kier alpha value is -1.14. The van der Waals surface area contributed by atoms with Crippen molar-refractivity contribution in [2.75, 3.05) is 18.9 Å². The Morgan fingerprint density at radius 1 is 1.33 bits per heavy atom. The van der Waals surface area contributed by atoms with Crippen LogP contribution in [0.1, 0.15) is 27.2 Å². The van der Waals surface area contributed by atoms with Crippen molar-refractivity contribution >= 4 is 15.7 Å². The molecule has 0 bridgehead atoms. The second kappa shape index (κ2) is 5.67. The van der Waals surface area contributed by atoms with Gasteiger partial charge >= 0.3 is 0 Å². The highest BCUT2D eigenvalue weighted by Gasteiger charge is 2.19. The summed E-state index contributed by atoms with van der Waals surface area (Å²) in [5, 5.41) is 2.85. The lowest BCUT2D eigenvalue weighted by Gasteiger charge is -2.18. The minimum absolute atomic E-state index is 0.100. The highest BCUT2D eigenvalue weighted by atomic mass is 32.2. The molecule has 0 unspecified atom stereocenters. The van der Waals surface area contributed by atoms with Crippen molar-refractivity contribution in [1.29, 1.82) is 0 Å². The molecule has 0 saturated heterocycles. The van der Waals surface area contributed by atoms with Gasteiger partial charge in [-0.2, -0.15) is 0 Å². The predicted octanol–water partition coefficient (Wildman–Crippen LogP) is 1.84. The molecule has 0 aliphatic carbocycles. The zero-order valence-electron chi connectivity index (χ0n) is 11.3. The van der Waals surface area contributed by atoms with E-state index in [-0.39, 0.29) is 10.3 Å². The molecule has 0 amide bonds. The molecule has 5 nitrogen and oxygen atoms in total. The van der Waals surface area contributed by atoms with Crippen LogP contribution in [0.5, 0.6) is 0 Å². The van der Waals surface area contributed by atoms with Gasteiger partial charge in [-0.25, -0.2) is 13.1 Å². The van der Waals surface area contributed by atoms with Crippen LogP contribution in [-0.2, 0) is 10.0 Å². The van der Waals surface area contributed by atoms with Gasteiger partial charge in [-0.15, -0.1) is 0 Å². The third-order valence-corrected chi connectivity index (χ3v) is 4.00. The molecule has 0 radical (unpaired) electrons. The first-order valence-electron chi connectivity index (χ1n) is 5.88. The van der Waals surface area contributed by atoms with Crippen LogP contribution in [0, 0.1) is 5.41 Å². The summed E-state index contributed by atoms with van der Waals surface area (Å²) in [5.74, 6) is 0. The molecule has 1 aromatic rings. The Morgan fingerprint density at radius 2 is 2.00 bits per heavy atom. The van der Waals surface area contributed by atoms with E-state index < -0.39 is 10.0 Å². The lowest BCUT2D eigenvalue weighted by atomic mass is 9.93. The predicted molar refractivity (Wildman–Crippen MR) is 73.0 cm³/mol. The van der Waals surface area contributed by atoms with Crippen LogP contribution in [-0.4, -0.2) is 27.0 Å². The second-order valence-corrected chi connectivity index (χ2v) is 7.07. The molecule has 0 saturated carbocycles. The van der Waals surface area contributed by atoms with Gasteiger partial charge in [0.15, 0.2) is 0 Å².